The van der Waals surface area contributed by atoms with E-state index in [-0.39, 0.29) is 18.9 Å². The molecule has 43 heavy (non-hydrogen) atoms. The second-order valence-electron chi connectivity index (χ2n) is 9.82. The number of Topliss-reactive ketones (excluding diaryl/α,β-unsaturated/α-hetero) is 1. The number of fused-ring (bicyclic) bond motifs is 1. The van der Waals surface area contributed by atoms with Crippen LogP contribution in [0.5, 0.6) is 0 Å². The normalized spacial score (nSPS) is 14.2. The van der Waals surface area contributed by atoms with Gasteiger partial charge in [-0.2, -0.15) is 0 Å². The fourth-order valence-corrected chi connectivity index (χ4v) is 4.82. The van der Waals surface area contributed by atoms with Crippen molar-refractivity contribution in [3.05, 3.63) is 131 Å². The van der Waals surface area contributed by atoms with E-state index in [1.807, 2.05) is 61.5 Å². The summed E-state index contributed by atoms with van der Waals surface area (Å²) in [5.74, 6) is -1.27. The molecule has 216 valence electrons. The predicted molar refractivity (Wildman–Crippen MR) is 165 cm³/mol. The number of esters is 1. The van der Waals surface area contributed by atoms with E-state index in [4.69, 9.17) is 9.73 Å². The van der Waals surface area contributed by atoms with Crippen molar-refractivity contribution in [2.24, 2.45) is 4.99 Å². The zero-order valence-corrected chi connectivity index (χ0v) is 23.7. The van der Waals surface area contributed by atoms with Gasteiger partial charge >= 0.3 is 12.0 Å². The Morgan fingerprint density at radius 3 is 2.26 bits per heavy atom. The molecule has 1 atom stereocenters. The standard InChI is InChI=1S/C34H30N4O5/c1-3-43-33(41)24-17-19-25(20-18-24)35-34(42)37-31-32(40)38(21-29(39)26-14-8-7-11-22(26)2)28-16-10-9-15-27(28)30(36-31)23-12-5-4-6-13-23/h4-20,31H,3,21H2,1-2H3,(H2,35,37,42)/t31-/m1/s1. The van der Waals surface area contributed by atoms with Gasteiger partial charge in [0.05, 0.1) is 30.1 Å². The van der Waals surface area contributed by atoms with Crippen LogP contribution in [0.15, 0.2) is 108 Å². The summed E-state index contributed by atoms with van der Waals surface area (Å²) in [6, 6.07) is 29.3. The molecule has 1 aliphatic rings. The molecule has 0 fully saturated rings. The second-order valence-corrected chi connectivity index (χ2v) is 9.82. The molecule has 0 saturated carbocycles. The van der Waals surface area contributed by atoms with Crippen molar-refractivity contribution in [2.75, 3.05) is 23.4 Å². The highest BCUT2D eigenvalue weighted by Gasteiger charge is 2.34. The summed E-state index contributed by atoms with van der Waals surface area (Å²) in [7, 11) is 0. The van der Waals surface area contributed by atoms with E-state index in [1.54, 1.807) is 43.3 Å². The van der Waals surface area contributed by atoms with Crippen molar-refractivity contribution in [1.82, 2.24) is 5.32 Å². The number of anilines is 2. The number of urea groups is 1. The van der Waals surface area contributed by atoms with Gasteiger partial charge in [-0.1, -0.05) is 72.8 Å². The van der Waals surface area contributed by atoms with E-state index in [0.29, 0.717) is 33.8 Å². The van der Waals surface area contributed by atoms with Gasteiger partial charge in [-0.3, -0.25) is 9.59 Å². The minimum Gasteiger partial charge on any atom is -0.462 e. The summed E-state index contributed by atoms with van der Waals surface area (Å²) in [6.45, 7) is 3.57. The highest BCUT2D eigenvalue weighted by Crippen LogP contribution is 2.29. The fourth-order valence-electron chi connectivity index (χ4n) is 4.82. The molecule has 9 heteroatoms. The van der Waals surface area contributed by atoms with E-state index in [1.165, 1.54) is 17.0 Å². The quantitative estimate of drug-likeness (QED) is 0.216. The number of nitrogens with one attached hydrogen (secondary N) is 2. The van der Waals surface area contributed by atoms with Gasteiger partial charge in [-0.05, 0) is 49.7 Å². The lowest BCUT2D eigenvalue weighted by Crippen LogP contribution is -2.50. The van der Waals surface area contributed by atoms with Crippen molar-refractivity contribution in [2.45, 2.75) is 20.0 Å². The van der Waals surface area contributed by atoms with E-state index < -0.39 is 24.1 Å². The molecule has 0 saturated heterocycles. The number of carbonyl (C=O) groups is 4. The molecule has 0 aliphatic carbocycles. The molecule has 0 spiro atoms. The summed E-state index contributed by atoms with van der Waals surface area (Å²) in [5, 5.41) is 5.36. The number of hydrogen-bond acceptors (Lipinski definition) is 6. The number of hydrogen-bond donors (Lipinski definition) is 2. The van der Waals surface area contributed by atoms with Gasteiger partial charge in [0.2, 0.25) is 6.17 Å². The number of ketones is 1. The third-order valence-corrected chi connectivity index (χ3v) is 6.92. The molecule has 0 bridgehead atoms. The lowest BCUT2D eigenvalue weighted by Gasteiger charge is -2.25. The first-order valence-electron chi connectivity index (χ1n) is 13.8. The molecular weight excluding hydrogens is 544 g/mol. The molecule has 4 aromatic carbocycles. The fraction of sp³-hybridized carbons (Fsp3) is 0.147. The van der Waals surface area contributed by atoms with Gasteiger partial charge in [0.1, 0.15) is 0 Å². The predicted octanol–water partition coefficient (Wildman–Crippen LogP) is 5.39. The van der Waals surface area contributed by atoms with Crippen molar-refractivity contribution in [3.63, 3.8) is 0 Å². The Morgan fingerprint density at radius 1 is 0.860 bits per heavy atom. The van der Waals surface area contributed by atoms with E-state index in [0.717, 1.165) is 11.1 Å². The van der Waals surface area contributed by atoms with Crippen LogP contribution in [0.2, 0.25) is 0 Å². The third kappa shape index (κ3) is 6.51. The molecular formula is C34H30N4O5. The highest BCUT2D eigenvalue weighted by atomic mass is 16.5. The first kappa shape index (κ1) is 28.9. The van der Waals surface area contributed by atoms with Gasteiger partial charge in [0.25, 0.3) is 5.91 Å². The Bertz CT molecular complexity index is 1700. The zero-order valence-electron chi connectivity index (χ0n) is 23.7. The molecule has 1 heterocycles. The first-order valence-corrected chi connectivity index (χ1v) is 13.8. The van der Waals surface area contributed by atoms with Gasteiger partial charge in [0.15, 0.2) is 5.78 Å². The van der Waals surface area contributed by atoms with Crippen LogP contribution in [0.3, 0.4) is 0 Å². The number of aliphatic imine (C=N–C) groups is 1. The van der Waals surface area contributed by atoms with Crippen LogP contribution < -0.4 is 15.5 Å². The number of amides is 3. The molecule has 1 aliphatic heterocycles. The number of ether oxygens (including phenoxy) is 1. The third-order valence-electron chi connectivity index (χ3n) is 6.92. The summed E-state index contributed by atoms with van der Waals surface area (Å²) in [4.78, 5) is 58.8. The number of carbonyl (C=O) groups excluding carboxylic acids is 4. The lowest BCUT2D eigenvalue weighted by atomic mass is 9.99. The molecule has 5 rings (SSSR count). The monoisotopic (exact) mass is 574 g/mol. The largest absolute Gasteiger partial charge is 0.462 e. The number of nitrogens with zero attached hydrogens (tertiary/aromatic N) is 2. The second kappa shape index (κ2) is 12.9. The van der Waals surface area contributed by atoms with E-state index >= 15 is 0 Å². The number of rotatable bonds is 8. The Labute approximate surface area is 249 Å². The Kier molecular flexibility index (Phi) is 8.71. The van der Waals surface area contributed by atoms with Crippen LogP contribution in [0.4, 0.5) is 16.2 Å². The number of para-hydroxylation sites is 1. The van der Waals surface area contributed by atoms with Gasteiger partial charge in [-0.15, -0.1) is 0 Å². The van der Waals surface area contributed by atoms with Crippen molar-refractivity contribution in [3.8, 4) is 0 Å². The molecule has 0 radical (unpaired) electrons. The average molecular weight is 575 g/mol. The Hall–Kier alpha value is -5.57. The van der Waals surface area contributed by atoms with Crippen LogP contribution in [0.1, 0.15) is 44.3 Å². The minimum atomic E-state index is -1.34. The van der Waals surface area contributed by atoms with E-state index in [9.17, 15) is 19.2 Å². The van der Waals surface area contributed by atoms with Crippen molar-refractivity contribution in [1.29, 1.82) is 0 Å². The van der Waals surface area contributed by atoms with Crippen LogP contribution in [0, 0.1) is 6.92 Å². The molecule has 0 unspecified atom stereocenters. The summed E-state index contributed by atoms with van der Waals surface area (Å²) >= 11 is 0. The average Bonchev–Trinajstić information content (AvgIpc) is 3.13. The maximum absolute atomic E-state index is 14.1. The smallest absolute Gasteiger partial charge is 0.338 e. The maximum atomic E-state index is 14.1. The molecule has 0 aromatic heterocycles. The maximum Gasteiger partial charge on any atom is 0.338 e. The van der Waals surface area contributed by atoms with Crippen molar-refractivity contribution < 1.29 is 23.9 Å². The van der Waals surface area contributed by atoms with Gasteiger partial charge in [0, 0.05) is 22.4 Å². The number of aryl methyl sites for hydroxylation is 1. The van der Waals surface area contributed by atoms with E-state index in [2.05, 4.69) is 10.6 Å². The molecule has 4 aromatic rings. The SMILES string of the molecule is CCOC(=O)c1ccc(NC(=O)N[C@H]2N=C(c3ccccc3)c3ccccc3N(CC(=O)c3ccccc3C)C2=O)cc1. The van der Waals surface area contributed by atoms with Crippen LogP contribution in [-0.2, 0) is 9.53 Å². The molecule has 3 amide bonds. The van der Waals surface area contributed by atoms with Crippen molar-refractivity contribution >= 4 is 40.8 Å². The Balaban J connectivity index is 1.47. The first-order chi connectivity index (χ1) is 20.9. The minimum absolute atomic E-state index is 0.241. The van der Waals surface area contributed by atoms with Crippen LogP contribution in [0.25, 0.3) is 0 Å². The highest BCUT2D eigenvalue weighted by molar-refractivity contribution is 6.21. The Morgan fingerprint density at radius 2 is 1.53 bits per heavy atom. The van der Waals surface area contributed by atoms with Crippen LogP contribution >= 0.6 is 0 Å². The summed E-state index contributed by atoms with van der Waals surface area (Å²) < 4.78 is 5.00. The zero-order chi connectivity index (χ0) is 30.3. The number of benzodiazepines with no additional fused rings is 1. The van der Waals surface area contributed by atoms with Gasteiger partial charge in [-0.25, -0.2) is 14.6 Å². The molecule has 2 N–H and O–H groups in total. The number of benzene rings is 4. The summed E-state index contributed by atoms with van der Waals surface area (Å²) in [5.41, 5.74) is 4.46. The molecule has 9 nitrogen and oxygen atoms in total. The van der Waals surface area contributed by atoms with Gasteiger partial charge < -0.3 is 20.3 Å². The summed E-state index contributed by atoms with van der Waals surface area (Å²) in [6.07, 6.45) is -1.34. The van der Waals surface area contributed by atoms with Crippen LogP contribution in [-0.4, -0.2) is 48.7 Å². The lowest BCUT2D eigenvalue weighted by molar-refractivity contribution is -0.120. The topological polar surface area (TPSA) is 117 Å².